The van der Waals surface area contributed by atoms with E-state index < -0.39 is 11.7 Å². The summed E-state index contributed by atoms with van der Waals surface area (Å²) in [6.07, 6.45) is 2.74. The van der Waals surface area contributed by atoms with E-state index in [0.29, 0.717) is 12.2 Å². The number of hydrogen-bond donors (Lipinski definition) is 2. The summed E-state index contributed by atoms with van der Waals surface area (Å²) in [4.78, 5) is 28.3. The van der Waals surface area contributed by atoms with Crippen LogP contribution < -0.4 is 10.6 Å². The third-order valence-electron chi connectivity index (χ3n) is 5.23. The van der Waals surface area contributed by atoms with Gasteiger partial charge in [0.2, 0.25) is 5.91 Å². The van der Waals surface area contributed by atoms with Gasteiger partial charge in [-0.05, 0) is 31.9 Å². The Morgan fingerprint density at radius 1 is 1.10 bits per heavy atom. The number of pyridine rings is 1. The first-order valence-corrected chi connectivity index (χ1v) is 9.91. The molecule has 2 aromatic rings. The van der Waals surface area contributed by atoms with Gasteiger partial charge in [0.25, 0.3) is 5.91 Å². The Morgan fingerprint density at radius 3 is 2.43 bits per heavy atom. The molecule has 2 heterocycles. The van der Waals surface area contributed by atoms with Crippen LogP contribution in [0.5, 0.6) is 0 Å². The topological polar surface area (TPSA) is 88.9 Å². The Balaban J connectivity index is 1.53. The van der Waals surface area contributed by atoms with E-state index in [2.05, 4.69) is 20.7 Å². The zero-order valence-corrected chi connectivity index (χ0v) is 16.6. The predicted molar refractivity (Wildman–Crippen MR) is 103 cm³/mol. The van der Waals surface area contributed by atoms with Crippen LogP contribution in [0.2, 0.25) is 0 Å². The minimum absolute atomic E-state index is 0.0290. The Labute approximate surface area is 172 Å². The molecule has 30 heavy (non-hydrogen) atoms. The second-order valence-electron chi connectivity index (χ2n) is 7.34. The van der Waals surface area contributed by atoms with E-state index in [0.717, 1.165) is 37.9 Å². The number of aromatic nitrogens is 3. The van der Waals surface area contributed by atoms with Gasteiger partial charge in [-0.3, -0.25) is 9.59 Å². The fourth-order valence-electron chi connectivity index (χ4n) is 3.51. The molecule has 0 atom stereocenters. The van der Waals surface area contributed by atoms with E-state index in [1.807, 2.05) is 0 Å². The van der Waals surface area contributed by atoms with Crippen molar-refractivity contribution >= 4 is 11.8 Å². The number of amides is 2. The van der Waals surface area contributed by atoms with Crippen LogP contribution in [-0.2, 0) is 11.0 Å². The third kappa shape index (κ3) is 5.17. The highest BCUT2D eigenvalue weighted by atomic mass is 19.4. The van der Waals surface area contributed by atoms with Crippen molar-refractivity contribution in [1.82, 2.24) is 25.4 Å². The van der Waals surface area contributed by atoms with E-state index in [4.69, 9.17) is 0 Å². The first kappa shape index (κ1) is 21.8. The number of carbonyl (C=O) groups is 2. The monoisotopic (exact) mass is 423 g/mol. The third-order valence-corrected chi connectivity index (χ3v) is 5.23. The van der Waals surface area contributed by atoms with Crippen LogP contribution in [0.1, 0.15) is 53.7 Å². The molecule has 0 bridgehead atoms. The highest BCUT2D eigenvalue weighted by Gasteiger charge is 2.31. The quantitative estimate of drug-likeness (QED) is 0.699. The molecule has 0 saturated heterocycles. The zero-order valence-electron chi connectivity index (χ0n) is 16.6. The molecule has 0 aliphatic heterocycles. The lowest BCUT2D eigenvalue weighted by atomic mass is 9.89. The average molecular weight is 423 g/mol. The predicted octanol–water partition coefficient (Wildman–Crippen LogP) is 3.02. The van der Waals surface area contributed by atoms with Crippen LogP contribution in [0.25, 0.3) is 5.82 Å². The van der Waals surface area contributed by atoms with Crippen molar-refractivity contribution in [3.63, 3.8) is 0 Å². The smallest absolute Gasteiger partial charge is 0.354 e. The molecule has 1 fully saturated rings. The number of alkyl halides is 3. The van der Waals surface area contributed by atoms with Gasteiger partial charge in [-0.25, -0.2) is 9.67 Å². The van der Waals surface area contributed by atoms with Gasteiger partial charge in [-0.1, -0.05) is 19.3 Å². The maximum absolute atomic E-state index is 12.7. The molecule has 0 spiro atoms. The lowest BCUT2D eigenvalue weighted by molar-refractivity contribution is -0.137. The zero-order chi connectivity index (χ0) is 21.7. The van der Waals surface area contributed by atoms with Crippen molar-refractivity contribution in [3.8, 4) is 5.82 Å². The number of rotatable bonds is 6. The summed E-state index contributed by atoms with van der Waals surface area (Å²) in [5, 5.41) is 9.62. The van der Waals surface area contributed by atoms with Crippen LogP contribution in [0.15, 0.2) is 24.5 Å². The summed E-state index contributed by atoms with van der Waals surface area (Å²) in [5.74, 6) is -0.107. The van der Waals surface area contributed by atoms with Gasteiger partial charge in [-0.15, -0.1) is 0 Å². The summed E-state index contributed by atoms with van der Waals surface area (Å²) >= 11 is 0. The molecule has 1 aliphatic rings. The van der Waals surface area contributed by atoms with Crippen LogP contribution in [0, 0.1) is 12.8 Å². The molecule has 7 nitrogen and oxygen atoms in total. The molecule has 0 aromatic carbocycles. The standard InChI is InChI=1S/C20H24F3N5O2/c1-13-16(12-27-28(13)17-8-7-15(11-26-17)20(21,22)23)19(30)25-10-9-24-18(29)14-5-3-2-4-6-14/h7-8,11-12,14H,2-6,9-10H2,1H3,(H,24,29)(H,25,30). The lowest BCUT2D eigenvalue weighted by Gasteiger charge is -2.20. The van der Waals surface area contributed by atoms with Crippen molar-refractivity contribution in [2.24, 2.45) is 5.92 Å². The molecule has 2 aromatic heterocycles. The van der Waals surface area contributed by atoms with E-state index in [9.17, 15) is 22.8 Å². The molecule has 162 valence electrons. The van der Waals surface area contributed by atoms with Gasteiger partial charge in [0.05, 0.1) is 23.0 Å². The minimum Gasteiger partial charge on any atom is -0.354 e. The molecule has 1 aliphatic carbocycles. The van der Waals surface area contributed by atoms with Crippen LogP contribution in [-0.4, -0.2) is 39.7 Å². The molecule has 3 rings (SSSR count). The second kappa shape index (κ2) is 9.27. The van der Waals surface area contributed by atoms with Gasteiger partial charge < -0.3 is 10.6 Å². The van der Waals surface area contributed by atoms with E-state index in [1.54, 1.807) is 6.92 Å². The van der Waals surface area contributed by atoms with Crippen LogP contribution >= 0.6 is 0 Å². The van der Waals surface area contributed by atoms with Crippen molar-refractivity contribution in [3.05, 3.63) is 41.3 Å². The molecule has 0 unspecified atom stereocenters. The molecule has 10 heteroatoms. The van der Waals surface area contributed by atoms with E-state index in [1.165, 1.54) is 23.4 Å². The summed E-state index contributed by atoms with van der Waals surface area (Å²) in [6.45, 7) is 2.22. The molecule has 0 radical (unpaired) electrons. The average Bonchev–Trinajstić information content (AvgIpc) is 3.12. The minimum atomic E-state index is -4.47. The summed E-state index contributed by atoms with van der Waals surface area (Å²) in [6, 6.07) is 2.11. The molecule has 2 N–H and O–H groups in total. The number of hydrogen-bond acceptors (Lipinski definition) is 4. The number of carbonyl (C=O) groups excluding carboxylic acids is 2. The van der Waals surface area contributed by atoms with Crippen molar-refractivity contribution in [2.45, 2.75) is 45.2 Å². The maximum Gasteiger partial charge on any atom is 0.417 e. The highest BCUT2D eigenvalue weighted by molar-refractivity contribution is 5.95. The van der Waals surface area contributed by atoms with E-state index >= 15 is 0 Å². The van der Waals surface area contributed by atoms with Gasteiger partial charge >= 0.3 is 6.18 Å². The molecule has 1 saturated carbocycles. The summed E-state index contributed by atoms with van der Waals surface area (Å²) in [7, 11) is 0. The first-order chi connectivity index (χ1) is 14.3. The Morgan fingerprint density at radius 2 is 1.80 bits per heavy atom. The fourth-order valence-corrected chi connectivity index (χ4v) is 3.51. The Hall–Kier alpha value is -2.91. The van der Waals surface area contributed by atoms with Gasteiger partial charge in [0.15, 0.2) is 5.82 Å². The summed E-state index contributed by atoms with van der Waals surface area (Å²) in [5.41, 5.74) is -0.120. The second-order valence-corrected chi connectivity index (χ2v) is 7.34. The number of nitrogens with zero attached hydrogens (tertiary/aromatic N) is 3. The van der Waals surface area contributed by atoms with Crippen molar-refractivity contribution in [2.75, 3.05) is 13.1 Å². The number of nitrogens with one attached hydrogen (secondary N) is 2. The normalized spacial score (nSPS) is 15.1. The van der Waals surface area contributed by atoms with Crippen LogP contribution in [0.4, 0.5) is 13.2 Å². The molecular formula is C20H24F3N5O2. The fraction of sp³-hybridized carbons (Fsp3) is 0.500. The Kier molecular flexibility index (Phi) is 6.73. The van der Waals surface area contributed by atoms with Crippen molar-refractivity contribution < 1.29 is 22.8 Å². The lowest BCUT2D eigenvalue weighted by Crippen LogP contribution is -2.38. The van der Waals surface area contributed by atoms with Gasteiger partial charge in [-0.2, -0.15) is 18.3 Å². The highest BCUT2D eigenvalue weighted by Crippen LogP contribution is 2.29. The van der Waals surface area contributed by atoms with Gasteiger partial charge in [0, 0.05) is 25.2 Å². The SMILES string of the molecule is Cc1c(C(=O)NCCNC(=O)C2CCCCC2)cnn1-c1ccc(C(F)(F)F)cn1. The first-order valence-electron chi connectivity index (χ1n) is 9.91. The summed E-state index contributed by atoms with van der Waals surface area (Å²) < 4.78 is 39.3. The molecule has 2 amide bonds. The van der Waals surface area contributed by atoms with Gasteiger partial charge in [0.1, 0.15) is 0 Å². The Bertz CT molecular complexity index is 887. The number of halogens is 3. The van der Waals surface area contributed by atoms with Crippen LogP contribution in [0.3, 0.4) is 0 Å². The van der Waals surface area contributed by atoms with Crippen molar-refractivity contribution in [1.29, 1.82) is 0 Å². The maximum atomic E-state index is 12.7. The van der Waals surface area contributed by atoms with E-state index in [-0.39, 0.29) is 35.7 Å². The largest absolute Gasteiger partial charge is 0.417 e. The molecular weight excluding hydrogens is 399 g/mol.